The Morgan fingerprint density at radius 1 is 1.23 bits per heavy atom. The highest BCUT2D eigenvalue weighted by Crippen LogP contribution is 2.23. The standard InChI is InChI=1S/C16H15N3O3/c1-10-8-13(20)18(9-14(21)22)16-15(10)11(2)17-19(16)12-6-4-3-5-7-12/h3-8H,9H2,1-2H3,(H,21,22)/p-1. The maximum atomic E-state index is 12.2. The summed E-state index contributed by atoms with van der Waals surface area (Å²) in [4.78, 5) is 23.2. The number of carboxylic acid groups (broad SMARTS) is 1. The first-order valence-electron chi connectivity index (χ1n) is 6.84. The van der Waals surface area contributed by atoms with Crippen LogP contribution in [-0.4, -0.2) is 20.3 Å². The van der Waals surface area contributed by atoms with E-state index >= 15 is 0 Å². The predicted octanol–water partition coefficient (Wildman–Crippen LogP) is 0.554. The topological polar surface area (TPSA) is 79.9 Å². The van der Waals surface area contributed by atoms with Crippen molar-refractivity contribution >= 4 is 17.0 Å². The molecule has 112 valence electrons. The van der Waals surface area contributed by atoms with Gasteiger partial charge in [-0.25, -0.2) is 4.68 Å². The number of hydrogen-bond acceptors (Lipinski definition) is 4. The molecule has 22 heavy (non-hydrogen) atoms. The van der Waals surface area contributed by atoms with Gasteiger partial charge in [0.15, 0.2) is 0 Å². The number of carboxylic acids is 1. The van der Waals surface area contributed by atoms with E-state index < -0.39 is 12.5 Å². The zero-order valence-electron chi connectivity index (χ0n) is 12.2. The summed E-state index contributed by atoms with van der Waals surface area (Å²) in [6.07, 6.45) is 0. The molecule has 0 aliphatic heterocycles. The average molecular weight is 296 g/mol. The van der Waals surface area contributed by atoms with Gasteiger partial charge in [-0.3, -0.25) is 9.36 Å². The summed E-state index contributed by atoms with van der Waals surface area (Å²) < 4.78 is 2.78. The molecule has 0 radical (unpaired) electrons. The van der Waals surface area contributed by atoms with Gasteiger partial charge >= 0.3 is 0 Å². The number of nitrogens with zero attached hydrogens (tertiary/aromatic N) is 3. The predicted molar refractivity (Wildman–Crippen MR) is 79.8 cm³/mol. The van der Waals surface area contributed by atoms with Crippen molar-refractivity contribution in [2.75, 3.05) is 0 Å². The minimum absolute atomic E-state index is 0.383. The molecule has 1 aromatic carbocycles. The average Bonchev–Trinajstić information content (AvgIpc) is 2.82. The molecule has 6 heteroatoms. The van der Waals surface area contributed by atoms with Gasteiger partial charge in [0.25, 0.3) is 5.56 Å². The molecule has 0 unspecified atom stereocenters. The minimum Gasteiger partial charge on any atom is -0.548 e. The molecular weight excluding hydrogens is 282 g/mol. The van der Waals surface area contributed by atoms with Gasteiger partial charge in [0.1, 0.15) is 5.65 Å². The largest absolute Gasteiger partial charge is 0.548 e. The number of pyridine rings is 1. The van der Waals surface area contributed by atoms with Gasteiger partial charge in [0, 0.05) is 11.5 Å². The van der Waals surface area contributed by atoms with Gasteiger partial charge in [0.05, 0.1) is 23.9 Å². The highest BCUT2D eigenvalue weighted by atomic mass is 16.4. The molecule has 6 nitrogen and oxygen atoms in total. The minimum atomic E-state index is -1.31. The molecule has 0 saturated carbocycles. The first-order valence-corrected chi connectivity index (χ1v) is 6.84. The third-order valence-electron chi connectivity index (χ3n) is 3.58. The fraction of sp³-hybridized carbons (Fsp3) is 0.188. The Kier molecular flexibility index (Phi) is 3.29. The third-order valence-corrected chi connectivity index (χ3v) is 3.58. The quantitative estimate of drug-likeness (QED) is 0.707. The van der Waals surface area contributed by atoms with Crippen LogP contribution in [0.25, 0.3) is 16.7 Å². The van der Waals surface area contributed by atoms with E-state index in [9.17, 15) is 14.7 Å². The Morgan fingerprint density at radius 2 is 1.91 bits per heavy atom. The Morgan fingerprint density at radius 3 is 2.55 bits per heavy atom. The monoisotopic (exact) mass is 296 g/mol. The molecule has 0 aliphatic rings. The van der Waals surface area contributed by atoms with Gasteiger partial charge in [-0.1, -0.05) is 18.2 Å². The lowest BCUT2D eigenvalue weighted by Crippen LogP contribution is -2.33. The van der Waals surface area contributed by atoms with E-state index in [0.717, 1.165) is 22.3 Å². The molecule has 3 aromatic rings. The van der Waals surface area contributed by atoms with E-state index in [-0.39, 0.29) is 5.56 Å². The lowest BCUT2D eigenvalue weighted by Gasteiger charge is -2.12. The van der Waals surface area contributed by atoms with Crippen molar-refractivity contribution < 1.29 is 9.90 Å². The van der Waals surface area contributed by atoms with E-state index in [1.54, 1.807) is 4.68 Å². The number of carbonyl (C=O) groups excluding carboxylic acids is 1. The molecule has 3 rings (SSSR count). The van der Waals surface area contributed by atoms with Gasteiger partial charge in [-0.2, -0.15) is 5.10 Å². The van der Waals surface area contributed by atoms with E-state index in [4.69, 9.17) is 0 Å². The second-order valence-corrected chi connectivity index (χ2v) is 5.16. The number of para-hydroxylation sites is 1. The summed E-state index contributed by atoms with van der Waals surface area (Å²) >= 11 is 0. The van der Waals surface area contributed by atoms with Crippen molar-refractivity contribution in [2.24, 2.45) is 0 Å². The molecule has 0 aliphatic carbocycles. The van der Waals surface area contributed by atoms with Crippen molar-refractivity contribution in [3.8, 4) is 5.69 Å². The van der Waals surface area contributed by atoms with Crippen LogP contribution in [0.5, 0.6) is 0 Å². The lowest BCUT2D eigenvalue weighted by atomic mass is 10.1. The number of benzene rings is 1. The molecule has 2 aromatic heterocycles. The number of fused-ring (bicyclic) bond motifs is 1. The van der Waals surface area contributed by atoms with Crippen molar-refractivity contribution in [3.05, 3.63) is 58.0 Å². The highest BCUT2D eigenvalue weighted by Gasteiger charge is 2.16. The van der Waals surface area contributed by atoms with Crippen LogP contribution in [0.15, 0.2) is 41.2 Å². The molecule has 0 saturated heterocycles. The normalized spacial score (nSPS) is 11.0. The molecule has 2 heterocycles. The SMILES string of the molecule is Cc1cc(=O)n(CC(=O)[O-])c2c1c(C)nn2-c1ccccc1. The molecule has 0 atom stereocenters. The Balaban J connectivity index is 2.44. The number of carbonyl (C=O) groups is 1. The molecule has 0 N–H and O–H groups in total. The summed E-state index contributed by atoms with van der Waals surface area (Å²) in [5.41, 5.74) is 2.36. The van der Waals surface area contributed by atoms with Crippen LogP contribution >= 0.6 is 0 Å². The second-order valence-electron chi connectivity index (χ2n) is 5.16. The third kappa shape index (κ3) is 2.18. The van der Waals surface area contributed by atoms with Crippen molar-refractivity contribution in [2.45, 2.75) is 20.4 Å². The molecule has 0 spiro atoms. The molecule has 0 bridgehead atoms. The summed E-state index contributed by atoms with van der Waals surface area (Å²) in [5.74, 6) is -1.31. The smallest absolute Gasteiger partial charge is 0.252 e. The van der Waals surface area contributed by atoms with Crippen molar-refractivity contribution in [3.63, 3.8) is 0 Å². The number of aromatic nitrogens is 3. The summed E-state index contributed by atoms with van der Waals surface area (Å²) in [7, 11) is 0. The van der Waals surface area contributed by atoms with Crippen LogP contribution in [0.3, 0.4) is 0 Å². The Hall–Kier alpha value is -2.89. The van der Waals surface area contributed by atoms with Crippen LogP contribution < -0.4 is 10.7 Å². The number of hydrogen-bond donors (Lipinski definition) is 0. The zero-order valence-corrected chi connectivity index (χ0v) is 12.2. The summed E-state index contributed by atoms with van der Waals surface area (Å²) in [5, 5.41) is 16.3. The highest BCUT2D eigenvalue weighted by molar-refractivity contribution is 5.84. The number of aryl methyl sites for hydroxylation is 2. The van der Waals surface area contributed by atoms with Gasteiger partial charge in [-0.15, -0.1) is 0 Å². The van der Waals surface area contributed by atoms with E-state index in [1.165, 1.54) is 10.6 Å². The summed E-state index contributed by atoms with van der Waals surface area (Å²) in [6.45, 7) is 3.15. The lowest BCUT2D eigenvalue weighted by molar-refractivity contribution is -0.306. The van der Waals surface area contributed by atoms with Gasteiger partial charge in [0.2, 0.25) is 0 Å². The first-order chi connectivity index (χ1) is 10.5. The van der Waals surface area contributed by atoms with Crippen LogP contribution in [0.4, 0.5) is 0 Å². The Labute approximate surface area is 126 Å². The second kappa shape index (κ2) is 5.14. The summed E-state index contributed by atoms with van der Waals surface area (Å²) in [6, 6.07) is 10.7. The van der Waals surface area contributed by atoms with Crippen LogP contribution in [0.1, 0.15) is 11.3 Å². The van der Waals surface area contributed by atoms with E-state index in [2.05, 4.69) is 5.10 Å². The van der Waals surface area contributed by atoms with Gasteiger partial charge in [-0.05, 0) is 31.5 Å². The van der Waals surface area contributed by atoms with Crippen LogP contribution in [-0.2, 0) is 11.3 Å². The maximum Gasteiger partial charge on any atom is 0.252 e. The number of aliphatic carboxylic acids is 1. The maximum absolute atomic E-state index is 12.2. The van der Waals surface area contributed by atoms with Crippen molar-refractivity contribution in [1.29, 1.82) is 0 Å². The zero-order chi connectivity index (χ0) is 15.9. The Bertz CT molecular complexity index is 923. The molecule has 0 fully saturated rings. The van der Waals surface area contributed by atoms with E-state index in [1.807, 2.05) is 44.2 Å². The fourth-order valence-corrected chi connectivity index (χ4v) is 2.70. The van der Waals surface area contributed by atoms with Crippen LogP contribution in [0, 0.1) is 13.8 Å². The number of rotatable bonds is 3. The van der Waals surface area contributed by atoms with Crippen molar-refractivity contribution in [1.82, 2.24) is 14.3 Å². The van der Waals surface area contributed by atoms with E-state index in [0.29, 0.717) is 5.65 Å². The first kappa shape index (κ1) is 14.1. The molecule has 0 amide bonds. The van der Waals surface area contributed by atoms with Crippen LogP contribution in [0.2, 0.25) is 0 Å². The molecular formula is C16H14N3O3-. The van der Waals surface area contributed by atoms with Gasteiger partial charge < -0.3 is 9.90 Å². The fourth-order valence-electron chi connectivity index (χ4n) is 2.70.